The molecule has 0 bridgehead atoms. The average molecular weight is 1710 g/mol. The van der Waals surface area contributed by atoms with Crippen LogP contribution in [0.2, 0.25) is 30.1 Å². The first kappa shape index (κ1) is 92.4. The van der Waals surface area contributed by atoms with Crippen LogP contribution in [-0.2, 0) is 97.7 Å². The monoisotopic (exact) mass is 1700 g/mol. The van der Waals surface area contributed by atoms with Crippen LogP contribution in [-0.4, -0.2) is 136 Å². The second-order valence-electron chi connectivity index (χ2n) is 20.3. The maximum absolute atomic E-state index is 12.8. The Kier molecular flexibility index (Phi) is 42.1. The first-order valence-corrected chi connectivity index (χ1v) is 38.9. The van der Waals surface area contributed by atoms with Crippen LogP contribution < -0.4 is 65.6 Å². The number of hydrogen-bond donors (Lipinski definition) is 6. The molecule has 6 aromatic rings. The number of nitrogens with one attached hydrogen (secondary N) is 3. The van der Waals surface area contributed by atoms with Crippen LogP contribution >= 0.6 is 109 Å². The van der Waals surface area contributed by atoms with E-state index in [0.29, 0.717) is 22.2 Å². The summed E-state index contributed by atoms with van der Waals surface area (Å²) in [5.74, 6) is -4.53. The molecule has 6 aromatic carbocycles. The topological polar surface area (TPSA) is 363 Å². The van der Waals surface area contributed by atoms with Gasteiger partial charge in [-0.2, -0.15) is 4.72 Å². The van der Waals surface area contributed by atoms with E-state index in [1.54, 1.807) is 56.3 Å². The molecule has 0 saturated heterocycles. The summed E-state index contributed by atoms with van der Waals surface area (Å²) in [7, 11) is -12.2. The third-order valence-corrected chi connectivity index (χ3v) is 21.5. The fourth-order valence-corrected chi connectivity index (χ4v) is 15.1. The first-order chi connectivity index (χ1) is 46.4. The SMILES string of the molecule is CC(=O)SCc1cccc(S(=O)(=O)N[C@@H](CC(=O)O)C(=O)COC(=O)c2c(Cl)cccc2Cl)c1.CC(=O)[S-].CC[C@H](NS(=O)(=O)c1cccc(CBr)c1)C(O)COC(=O)c1c(Cl)cccc1Cl.CC[C@H](NS(=O)(=O)c1cccc(CSC(C)=O)c1)C(O)COC(=O)c1c(Cl)cccc1Cl.[K+]. The van der Waals surface area contributed by atoms with Gasteiger partial charge >= 0.3 is 75.3 Å². The van der Waals surface area contributed by atoms with Crippen LogP contribution in [0.5, 0.6) is 0 Å². The van der Waals surface area contributed by atoms with Gasteiger partial charge in [0.2, 0.25) is 30.1 Å². The summed E-state index contributed by atoms with van der Waals surface area (Å²) < 4.78 is 98.5. The van der Waals surface area contributed by atoms with Crippen LogP contribution in [0.1, 0.15) is 102 Å². The number of carboxylic acids is 1. The number of ether oxygens (including phenoxy) is 3. The van der Waals surface area contributed by atoms with Crippen molar-refractivity contribution in [1.29, 1.82) is 0 Å². The maximum atomic E-state index is 12.8. The number of thioether (sulfide) groups is 2. The Labute approximate surface area is 674 Å². The molecule has 0 amide bonds. The number of alkyl halides is 1. The molecular formula is C63H65BrCl6KN3O20S6. The van der Waals surface area contributed by atoms with Crippen molar-refractivity contribution in [3.63, 3.8) is 0 Å². The van der Waals surface area contributed by atoms with Gasteiger partial charge in [-0.3, -0.25) is 19.2 Å². The average Bonchev–Trinajstić information content (AvgIpc) is 0.894. The Hall–Kier alpha value is -3.69. The summed E-state index contributed by atoms with van der Waals surface area (Å²) in [4.78, 5) is 92.0. The predicted octanol–water partition coefficient (Wildman–Crippen LogP) is 8.62. The van der Waals surface area contributed by atoms with Gasteiger partial charge < -0.3 is 47.0 Å². The minimum atomic E-state index is -4.33. The Balaban J connectivity index is 0.000000495. The van der Waals surface area contributed by atoms with Crippen molar-refractivity contribution in [3.8, 4) is 0 Å². The Bertz CT molecular complexity index is 4150. The number of aliphatic hydroxyl groups is 2. The van der Waals surface area contributed by atoms with Crippen LogP contribution in [0.25, 0.3) is 0 Å². The van der Waals surface area contributed by atoms with E-state index in [0.717, 1.165) is 29.1 Å². The second kappa shape index (κ2) is 45.6. The Morgan fingerprint density at radius 3 is 1.09 bits per heavy atom. The molecule has 23 nitrogen and oxygen atoms in total. The standard InChI is InChI=1S/C21H19Cl2NO8S2.C21H23Cl2NO6S2.C19H20BrCl2NO5S.C2H4OS.K/c1-12(25)33-11-13-4-2-5-14(8-13)34(30,31)24-17(9-19(27)28)18(26)10-32-21(29)20-15(22)6-3-7-16(20)23;1-3-18(19(26)11-30-21(27)20-16(22)8-5-9-17(20)23)24-32(28,29)15-7-4-6-14(10-15)12-31-13(2)25;1-2-16(23-29(26,27)13-6-3-5-12(9-13)10-20)17(24)11-28-19(25)18-14(21)7-4-8-15(18)22;1-2(3)4;/h2-8,17,24H,9-11H2,1H3,(H,27,28);4-10,18-19,24,26H,3,11-12H2,1-2H3;3-9,16-17,23-24H,2,10-11H2,1H3;1H3,(H,3,4);/q;;;;+1/p-1/t17-;18-,19?;16-,17?;;/m000../s1. The first-order valence-electron chi connectivity index (χ1n) is 28.7. The van der Waals surface area contributed by atoms with E-state index in [1.165, 1.54) is 106 Å². The van der Waals surface area contributed by atoms with Crippen molar-refractivity contribution in [1.82, 2.24) is 14.2 Å². The molecule has 6 N–H and O–H groups in total. The van der Waals surface area contributed by atoms with Crippen molar-refractivity contribution in [2.45, 2.75) is 116 Å². The Morgan fingerprint density at radius 1 is 0.500 bits per heavy atom. The van der Waals surface area contributed by atoms with Gasteiger partial charge in [0.05, 0.1) is 86.1 Å². The molecular weight excluding hydrogens is 1640 g/mol. The van der Waals surface area contributed by atoms with E-state index >= 15 is 0 Å². The number of sulfonamides is 3. The number of carboxylic acid groups (broad SMARTS) is 1. The number of carbonyl (C=O) groups excluding carboxylic acids is 7. The molecule has 37 heteroatoms. The largest absolute Gasteiger partial charge is 1.00 e. The number of Topliss-reactive ketones (excluding diaryl/α,β-unsaturated/α-hetero) is 1. The summed E-state index contributed by atoms with van der Waals surface area (Å²) in [5, 5.41) is 30.4. The fourth-order valence-electron chi connectivity index (χ4n) is 7.91. The number of halogens is 7. The molecule has 0 radical (unpaired) electrons. The summed E-state index contributed by atoms with van der Waals surface area (Å²) in [5.41, 5.74) is 1.78. The minimum absolute atomic E-state index is 0. The molecule has 6 rings (SSSR count). The molecule has 5 atom stereocenters. The third-order valence-electron chi connectivity index (χ3n) is 12.8. The molecule has 0 aliphatic heterocycles. The number of esters is 3. The molecule has 0 aromatic heterocycles. The van der Waals surface area contributed by atoms with Gasteiger partial charge in [0.25, 0.3) is 0 Å². The molecule has 538 valence electrons. The van der Waals surface area contributed by atoms with E-state index in [4.69, 9.17) is 88.9 Å². The minimum Gasteiger partial charge on any atom is -0.742 e. The van der Waals surface area contributed by atoms with Crippen molar-refractivity contribution >= 4 is 197 Å². The predicted molar refractivity (Wildman–Crippen MR) is 386 cm³/mol. The van der Waals surface area contributed by atoms with Gasteiger partial charge in [-0.1, -0.05) is 178 Å². The van der Waals surface area contributed by atoms with Gasteiger partial charge in [-0.25, -0.2) is 49.1 Å². The van der Waals surface area contributed by atoms with Crippen molar-refractivity contribution in [3.05, 3.63) is 191 Å². The molecule has 0 fully saturated rings. The van der Waals surface area contributed by atoms with Crippen molar-refractivity contribution in [2.24, 2.45) is 0 Å². The van der Waals surface area contributed by atoms with Gasteiger partial charge in [0.15, 0.2) is 22.6 Å². The summed E-state index contributed by atoms with van der Waals surface area (Å²) in [6, 6.07) is 28.1. The summed E-state index contributed by atoms with van der Waals surface area (Å²) in [6.45, 7) is 5.74. The zero-order valence-electron chi connectivity index (χ0n) is 53.8. The van der Waals surface area contributed by atoms with Crippen molar-refractivity contribution in [2.75, 3.05) is 19.8 Å². The van der Waals surface area contributed by atoms with Crippen LogP contribution in [0.4, 0.5) is 0 Å². The number of aliphatic carboxylic acids is 1. The van der Waals surface area contributed by atoms with E-state index in [9.17, 15) is 73.8 Å². The smallest absolute Gasteiger partial charge is 0.742 e. The number of benzene rings is 6. The zero-order chi connectivity index (χ0) is 74.5. The van der Waals surface area contributed by atoms with Crippen LogP contribution in [0.3, 0.4) is 0 Å². The molecule has 0 spiro atoms. The fraction of sp³-hybridized carbons (Fsp3) is 0.302. The number of aliphatic hydroxyl groups excluding tert-OH is 2. The quantitative estimate of drug-likeness (QED) is 0.00807. The van der Waals surface area contributed by atoms with Crippen molar-refractivity contribution < 1.29 is 145 Å². The molecule has 0 heterocycles. The normalized spacial score (nSPS) is 12.6. The maximum Gasteiger partial charge on any atom is 1.00 e. The van der Waals surface area contributed by atoms with E-state index < -0.39 is 116 Å². The van der Waals surface area contributed by atoms with E-state index in [-0.39, 0.29) is 147 Å². The van der Waals surface area contributed by atoms with Crippen LogP contribution in [0.15, 0.2) is 142 Å². The number of hydrogen-bond acceptors (Lipinski definition) is 22. The van der Waals surface area contributed by atoms with E-state index in [2.05, 4.69) is 38.0 Å². The van der Waals surface area contributed by atoms with Gasteiger partial charge in [0.1, 0.15) is 25.4 Å². The molecule has 0 saturated carbocycles. The summed E-state index contributed by atoms with van der Waals surface area (Å²) >= 11 is 45.1. The third kappa shape index (κ3) is 31.9. The Morgan fingerprint density at radius 2 is 0.790 bits per heavy atom. The molecule has 2 unspecified atom stereocenters. The summed E-state index contributed by atoms with van der Waals surface area (Å²) in [6.07, 6.45) is -2.94. The molecule has 100 heavy (non-hydrogen) atoms. The molecule has 0 aliphatic carbocycles. The van der Waals surface area contributed by atoms with Crippen LogP contribution in [0, 0.1) is 0 Å². The van der Waals surface area contributed by atoms with E-state index in [1.807, 2.05) is 4.72 Å². The second-order valence-corrected chi connectivity index (χ2v) is 31.4. The molecule has 0 aliphatic rings. The zero-order valence-corrected chi connectivity index (χ0v) is 67.9. The van der Waals surface area contributed by atoms with Gasteiger partial charge in [-0.15, -0.1) is 0 Å². The van der Waals surface area contributed by atoms with Gasteiger partial charge in [-0.05, 0) is 109 Å². The number of carbonyl (C=O) groups is 8. The number of rotatable bonds is 30. The number of ketones is 1. The van der Waals surface area contributed by atoms with Gasteiger partial charge in [0, 0.05) is 35.8 Å².